The summed E-state index contributed by atoms with van der Waals surface area (Å²) >= 11 is 1.38. The Kier molecular flexibility index (Phi) is 8.82. The lowest BCUT2D eigenvalue weighted by Gasteiger charge is -2.43. The highest BCUT2D eigenvalue weighted by molar-refractivity contribution is 7.19. The number of carbonyl (C=O) groups excluding carboxylic acids is 2. The smallest absolute Gasteiger partial charge is 0.410 e. The molecule has 0 spiro atoms. The van der Waals surface area contributed by atoms with Gasteiger partial charge < -0.3 is 9.64 Å². The van der Waals surface area contributed by atoms with Crippen LogP contribution in [-0.4, -0.2) is 63.7 Å². The van der Waals surface area contributed by atoms with Gasteiger partial charge in [-0.1, -0.05) is 36.8 Å². The number of rotatable bonds is 6. The molecule has 1 N–H and O–H groups in total. The minimum atomic E-state index is -0.333. The zero-order valence-electron chi connectivity index (χ0n) is 23.0. The molecule has 0 saturated carbocycles. The number of thiazole rings is 1. The average molecular weight is 547 g/mol. The maximum atomic E-state index is 13.3. The van der Waals surface area contributed by atoms with Crippen LogP contribution in [0.15, 0.2) is 36.4 Å². The molecule has 2 atom stereocenters. The summed E-state index contributed by atoms with van der Waals surface area (Å²) in [7, 11) is 0. The number of pyridine rings is 1. The predicted octanol–water partition coefficient (Wildman–Crippen LogP) is 6.22. The van der Waals surface area contributed by atoms with Gasteiger partial charge in [0.05, 0.1) is 40.9 Å². The second-order valence-corrected chi connectivity index (χ2v) is 10.9. The van der Waals surface area contributed by atoms with E-state index in [-0.39, 0.29) is 24.2 Å². The number of carbonyl (C=O) groups is 2. The fourth-order valence-electron chi connectivity index (χ4n) is 4.86. The lowest BCUT2D eigenvalue weighted by molar-refractivity contribution is 0.0354. The van der Waals surface area contributed by atoms with Gasteiger partial charge in [-0.2, -0.15) is 5.26 Å². The number of nitrogens with one attached hydrogen (secondary N) is 1. The molecule has 10 heteroatoms. The van der Waals surface area contributed by atoms with Gasteiger partial charge in [0.2, 0.25) is 0 Å². The van der Waals surface area contributed by atoms with Crippen molar-refractivity contribution in [2.45, 2.75) is 59.5 Å². The van der Waals surface area contributed by atoms with Crippen LogP contribution in [0.4, 0.5) is 14.7 Å². The van der Waals surface area contributed by atoms with Crippen LogP contribution < -0.4 is 5.32 Å². The molecule has 204 valence electrons. The molecule has 9 nitrogen and oxygen atoms in total. The Balaban J connectivity index is 1.57. The van der Waals surface area contributed by atoms with Gasteiger partial charge in [0.15, 0.2) is 5.13 Å². The number of ether oxygens (including phenoxy) is 1. The Morgan fingerprint density at radius 3 is 2.44 bits per heavy atom. The van der Waals surface area contributed by atoms with Crippen LogP contribution in [0.3, 0.4) is 0 Å². The predicted molar refractivity (Wildman–Crippen MR) is 153 cm³/mol. The first kappa shape index (κ1) is 28.0. The van der Waals surface area contributed by atoms with E-state index in [1.807, 2.05) is 58.9 Å². The summed E-state index contributed by atoms with van der Waals surface area (Å²) in [4.78, 5) is 39.6. The number of nitrogens with zero attached hydrogens (tertiary/aromatic N) is 5. The molecule has 3 heterocycles. The topological polar surface area (TPSA) is 111 Å². The second kappa shape index (κ2) is 12.3. The first-order valence-corrected chi connectivity index (χ1v) is 14.0. The highest BCUT2D eigenvalue weighted by Gasteiger charge is 2.36. The number of anilines is 1. The van der Waals surface area contributed by atoms with E-state index in [1.54, 1.807) is 21.9 Å². The summed E-state index contributed by atoms with van der Waals surface area (Å²) in [5.74, 6) is 0. The quantitative estimate of drug-likeness (QED) is 0.367. The maximum absolute atomic E-state index is 13.3. The van der Waals surface area contributed by atoms with Crippen molar-refractivity contribution >= 4 is 28.6 Å². The van der Waals surface area contributed by atoms with E-state index in [4.69, 9.17) is 9.72 Å². The average Bonchev–Trinajstić information content (AvgIpc) is 3.31. The summed E-state index contributed by atoms with van der Waals surface area (Å²) in [6.45, 7) is 11.0. The molecular weight excluding hydrogens is 512 g/mol. The number of hydrogen-bond acceptors (Lipinski definition) is 7. The first-order chi connectivity index (χ1) is 18.7. The zero-order chi connectivity index (χ0) is 28.1. The molecule has 0 unspecified atom stereocenters. The van der Waals surface area contributed by atoms with Gasteiger partial charge >= 0.3 is 12.1 Å². The summed E-state index contributed by atoms with van der Waals surface area (Å²) in [5.41, 5.74) is 4.75. The van der Waals surface area contributed by atoms with Crippen molar-refractivity contribution < 1.29 is 14.3 Å². The third-order valence-electron chi connectivity index (χ3n) is 6.59. The minimum Gasteiger partial charge on any atom is -0.449 e. The number of benzene rings is 1. The molecule has 0 bridgehead atoms. The SMILES string of the molecule is CCCCOC(=O)N1[C@H](C)CN(C(=O)Nc2nc(-c3cccc(C#N)c3)c(-c3cc(C)nc(C)c3)s2)C[C@@H]1C. The summed E-state index contributed by atoms with van der Waals surface area (Å²) in [6, 6.07) is 12.8. The molecule has 2 aromatic heterocycles. The number of piperazine rings is 1. The molecule has 3 amide bonds. The van der Waals surface area contributed by atoms with Gasteiger partial charge in [0.25, 0.3) is 0 Å². The molecule has 1 aliphatic heterocycles. The van der Waals surface area contributed by atoms with Crippen LogP contribution in [0, 0.1) is 25.2 Å². The monoisotopic (exact) mass is 546 g/mol. The molecule has 3 aromatic rings. The number of aryl methyl sites for hydroxylation is 2. The number of nitriles is 1. The Morgan fingerprint density at radius 2 is 1.79 bits per heavy atom. The number of hydrogen-bond donors (Lipinski definition) is 1. The third-order valence-corrected chi connectivity index (χ3v) is 7.61. The van der Waals surface area contributed by atoms with Gasteiger partial charge in [-0.15, -0.1) is 0 Å². The van der Waals surface area contributed by atoms with Gasteiger partial charge in [0.1, 0.15) is 0 Å². The highest BCUT2D eigenvalue weighted by atomic mass is 32.1. The number of urea groups is 1. The normalized spacial score (nSPS) is 17.0. The van der Waals surface area contributed by atoms with Crippen LogP contribution >= 0.6 is 11.3 Å². The Hall–Kier alpha value is -3.97. The third kappa shape index (κ3) is 6.55. The van der Waals surface area contributed by atoms with Gasteiger partial charge in [-0.05, 0) is 63.9 Å². The van der Waals surface area contributed by atoms with Gasteiger partial charge in [-0.25, -0.2) is 14.6 Å². The number of aromatic nitrogens is 2. The molecule has 1 fully saturated rings. The first-order valence-electron chi connectivity index (χ1n) is 13.2. The van der Waals surface area contributed by atoms with Gasteiger partial charge in [-0.3, -0.25) is 15.2 Å². The van der Waals surface area contributed by atoms with Crippen LogP contribution in [0.25, 0.3) is 21.7 Å². The van der Waals surface area contributed by atoms with E-state index in [0.717, 1.165) is 40.2 Å². The van der Waals surface area contributed by atoms with Crippen molar-refractivity contribution in [2.24, 2.45) is 0 Å². The van der Waals surface area contributed by atoms with Crippen molar-refractivity contribution in [1.82, 2.24) is 19.8 Å². The van der Waals surface area contributed by atoms with Crippen LogP contribution in [-0.2, 0) is 4.74 Å². The number of unbranched alkanes of at least 4 members (excludes halogenated alkanes) is 1. The van der Waals surface area contributed by atoms with E-state index in [0.29, 0.717) is 36.1 Å². The van der Waals surface area contributed by atoms with Crippen molar-refractivity contribution in [3.8, 4) is 27.8 Å². The van der Waals surface area contributed by atoms with Crippen LogP contribution in [0.5, 0.6) is 0 Å². The second-order valence-electron chi connectivity index (χ2n) is 9.94. The molecule has 39 heavy (non-hydrogen) atoms. The van der Waals surface area contributed by atoms with E-state index in [1.165, 1.54) is 11.3 Å². The minimum absolute atomic E-state index is 0.187. The zero-order valence-corrected chi connectivity index (χ0v) is 23.8. The summed E-state index contributed by atoms with van der Waals surface area (Å²) in [5, 5.41) is 12.9. The van der Waals surface area contributed by atoms with Crippen LogP contribution in [0.1, 0.15) is 50.6 Å². The largest absolute Gasteiger partial charge is 0.449 e. The summed E-state index contributed by atoms with van der Waals surface area (Å²) < 4.78 is 5.42. The standard InChI is InChI=1S/C29H34N6O3S/c1-6-7-11-38-29(37)35-20(4)16-34(17-21(35)5)28(36)33-27-32-25(23-10-8-9-22(14-23)15-30)26(39-27)24-12-18(2)31-19(3)13-24/h8-10,12-14,20-21H,6-7,11,16-17H2,1-5H3,(H,32,33,36)/t20-,21+. The van der Waals surface area contributed by atoms with Crippen molar-refractivity contribution in [3.63, 3.8) is 0 Å². The molecule has 1 saturated heterocycles. The molecule has 0 aliphatic carbocycles. The van der Waals surface area contributed by atoms with E-state index >= 15 is 0 Å². The highest BCUT2D eigenvalue weighted by Crippen LogP contribution is 2.40. The molecular formula is C29H34N6O3S. The fraction of sp³-hybridized carbons (Fsp3) is 0.414. The molecule has 4 rings (SSSR count). The van der Waals surface area contributed by atoms with E-state index < -0.39 is 0 Å². The Bertz CT molecular complexity index is 1370. The van der Waals surface area contributed by atoms with Crippen LogP contribution in [0.2, 0.25) is 0 Å². The summed E-state index contributed by atoms with van der Waals surface area (Å²) in [6.07, 6.45) is 1.45. The van der Waals surface area contributed by atoms with Crippen molar-refractivity contribution in [2.75, 3.05) is 25.0 Å². The number of amides is 3. The molecule has 1 aliphatic rings. The Morgan fingerprint density at radius 1 is 1.10 bits per heavy atom. The van der Waals surface area contributed by atoms with E-state index in [2.05, 4.69) is 16.4 Å². The molecule has 0 radical (unpaired) electrons. The van der Waals surface area contributed by atoms with Gasteiger partial charge in [0, 0.05) is 30.0 Å². The van der Waals surface area contributed by atoms with E-state index in [9.17, 15) is 14.9 Å². The lowest BCUT2D eigenvalue weighted by atomic mass is 10.0. The van der Waals surface area contributed by atoms with Crippen molar-refractivity contribution in [3.05, 3.63) is 53.3 Å². The fourth-order valence-corrected chi connectivity index (χ4v) is 5.83. The van der Waals surface area contributed by atoms with Crippen molar-refractivity contribution in [1.29, 1.82) is 5.26 Å². The maximum Gasteiger partial charge on any atom is 0.410 e. The molecule has 1 aromatic carbocycles. The lowest BCUT2D eigenvalue weighted by Crippen LogP contribution is -2.60. The Labute approximate surface area is 233 Å².